The average Bonchev–Trinajstić information content (AvgIpc) is 2.58. The van der Waals surface area contributed by atoms with Crippen molar-refractivity contribution in [1.29, 1.82) is 5.26 Å². The summed E-state index contributed by atoms with van der Waals surface area (Å²) in [6.45, 7) is -0.0534. The first-order valence-corrected chi connectivity index (χ1v) is 8.88. The number of amides is 1. The minimum atomic E-state index is -3.64. The van der Waals surface area contributed by atoms with Crippen molar-refractivity contribution in [2.24, 2.45) is 0 Å². The second kappa shape index (κ2) is 7.57. The van der Waals surface area contributed by atoms with Crippen molar-refractivity contribution in [3.63, 3.8) is 0 Å². The Kier molecular flexibility index (Phi) is 5.50. The molecular weight excluding hydrogens is 328 g/mol. The van der Waals surface area contributed by atoms with Crippen molar-refractivity contribution in [2.75, 3.05) is 17.1 Å². The van der Waals surface area contributed by atoms with Crippen LogP contribution in [0.5, 0.6) is 0 Å². The highest BCUT2D eigenvalue weighted by Crippen LogP contribution is 2.17. The minimum Gasteiger partial charge on any atom is -0.350 e. The Morgan fingerprint density at radius 1 is 1.21 bits per heavy atom. The molecule has 2 rings (SSSR count). The number of nitrogens with zero attached hydrogens (tertiary/aromatic N) is 3. The molecule has 0 unspecified atom stereocenters. The number of hydrogen-bond acceptors (Lipinski definition) is 5. The molecule has 1 amide bonds. The van der Waals surface area contributed by atoms with Gasteiger partial charge in [0.05, 0.1) is 23.6 Å². The van der Waals surface area contributed by atoms with Crippen LogP contribution in [0.2, 0.25) is 0 Å². The summed E-state index contributed by atoms with van der Waals surface area (Å²) >= 11 is 0. The first kappa shape index (κ1) is 17.4. The lowest BCUT2D eigenvalue weighted by atomic mass is 10.2. The molecule has 0 bridgehead atoms. The summed E-state index contributed by atoms with van der Waals surface area (Å²) in [6, 6.07) is 11.5. The molecule has 8 heteroatoms. The predicted molar refractivity (Wildman–Crippen MR) is 89.4 cm³/mol. The van der Waals surface area contributed by atoms with Gasteiger partial charge in [-0.3, -0.25) is 14.1 Å². The van der Waals surface area contributed by atoms with Crippen LogP contribution in [-0.2, 0) is 21.4 Å². The Morgan fingerprint density at radius 3 is 2.38 bits per heavy atom. The smallest absolute Gasteiger partial charge is 0.241 e. The number of sulfonamides is 1. The lowest BCUT2D eigenvalue weighted by Gasteiger charge is -2.21. The molecular formula is C16H16N4O3S. The molecule has 1 aromatic heterocycles. The molecule has 1 aromatic carbocycles. The molecule has 0 radical (unpaired) electrons. The summed E-state index contributed by atoms with van der Waals surface area (Å²) in [5, 5.41) is 11.5. The van der Waals surface area contributed by atoms with Crippen LogP contribution in [0.3, 0.4) is 0 Å². The molecule has 1 N–H and O–H groups in total. The van der Waals surface area contributed by atoms with E-state index < -0.39 is 15.9 Å². The van der Waals surface area contributed by atoms with E-state index in [2.05, 4.69) is 10.3 Å². The molecule has 0 aliphatic rings. The van der Waals surface area contributed by atoms with E-state index in [0.717, 1.165) is 16.1 Å². The van der Waals surface area contributed by atoms with Crippen molar-refractivity contribution in [1.82, 2.24) is 10.3 Å². The van der Waals surface area contributed by atoms with Gasteiger partial charge in [-0.25, -0.2) is 8.42 Å². The summed E-state index contributed by atoms with van der Waals surface area (Å²) in [7, 11) is -3.64. The SMILES string of the molecule is CS(=O)(=O)N(CC(=O)NCc1ccncc1)c1ccc(C#N)cc1. The molecule has 1 heterocycles. The largest absolute Gasteiger partial charge is 0.350 e. The first-order chi connectivity index (χ1) is 11.4. The summed E-state index contributed by atoms with van der Waals surface area (Å²) in [5.41, 5.74) is 1.60. The van der Waals surface area contributed by atoms with Crippen molar-refractivity contribution in [3.05, 3.63) is 59.9 Å². The average molecular weight is 344 g/mol. The number of aromatic nitrogens is 1. The van der Waals surface area contributed by atoms with Crippen LogP contribution in [0.15, 0.2) is 48.8 Å². The second-order valence-corrected chi connectivity index (χ2v) is 6.97. The van der Waals surface area contributed by atoms with E-state index in [1.165, 1.54) is 24.3 Å². The van der Waals surface area contributed by atoms with Gasteiger partial charge in [0.25, 0.3) is 0 Å². The van der Waals surface area contributed by atoms with Crippen molar-refractivity contribution in [3.8, 4) is 6.07 Å². The van der Waals surface area contributed by atoms with Crippen LogP contribution in [0.1, 0.15) is 11.1 Å². The Morgan fingerprint density at radius 2 is 1.83 bits per heavy atom. The molecule has 7 nitrogen and oxygen atoms in total. The van der Waals surface area contributed by atoms with E-state index in [1.54, 1.807) is 24.5 Å². The highest BCUT2D eigenvalue weighted by atomic mass is 32.2. The fourth-order valence-corrected chi connectivity index (χ4v) is 2.85. The van der Waals surface area contributed by atoms with Gasteiger partial charge in [-0.2, -0.15) is 5.26 Å². The van der Waals surface area contributed by atoms with Gasteiger partial charge in [0.1, 0.15) is 6.54 Å². The topological polar surface area (TPSA) is 103 Å². The molecule has 24 heavy (non-hydrogen) atoms. The predicted octanol–water partition coefficient (Wildman–Crippen LogP) is 1.04. The lowest BCUT2D eigenvalue weighted by Crippen LogP contribution is -2.40. The van der Waals surface area contributed by atoms with Crippen LogP contribution >= 0.6 is 0 Å². The van der Waals surface area contributed by atoms with E-state index in [-0.39, 0.29) is 13.1 Å². The summed E-state index contributed by atoms with van der Waals surface area (Å²) < 4.78 is 24.9. The van der Waals surface area contributed by atoms with E-state index in [1.807, 2.05) is 6.07 Å². The van der Waals surface area contributed by atoms with E-state index >= 15 is 0 Å². The third-order valence-electron chi connectivity index (χ3n) is 3.21. The van der Waals surface area contributed by atoms with Gasteiger partial charge in [-0.15, -0.1) is 0 Å². The van der Waals surface area contributed by atoms with Gasteiger partial charge >= 0.3 is 0 Å². The lowest BCUT2D eigenvalue weighted by molar-refractivity contribution is -0.119. The Labute approximate surface area is 140 Å². The van der Waals surface area contributed by atoms with Gasteiger partial charge in [-0.1, -0.05) is 0 Å². The standard InChI is InChI=1S/C16H16N4O3S/c1-24(22,23)20(15-4-2-13(10-17)3-5-15)12-16(21)19-11-14-6-8-18-9-7-14/h2-9H,11-12H2,1H3,(H,19,21). The number of nitriles is 1. The van der Waals surface area contributed by atoms with Crippen LogP contribution < -0.4 is 9.62 Å². The fourth-order valence-electron chi connectivity index (χ4n) is 1.99. The zero-order valence-corrected chi connectivity index (χ0v) is 13.8. The third-order valence-corrected chi connectivity index (χ3v) is 4.35. The molecule has 124 valence electrons. The summed E-state index contributed by atoms with van der Waals surface area (Å²) in [6.07, 6.45) is 4.25. The number of carbonyl (C=O) groups excluding carboxylic acids is 1. The number of benzene rings is 1. The first-order valence-electron chi connectivity index (χ1n) is 7.03. The normalized spacial score (nSPS) is 10.7. The summed E-state index contributed by atoms with van der Waals surface area (Å²) in [4.78, 5) is 16.0. The zero-order chi connectivity index (χ0) is 17.6. The van der Waals surface area contributed by atoms with Crippen molar-refractivity contribution >= 4 is 21.6 Å². The third kappa shape index (κ3) is 4.79. The van der Waals surface area contributed by atoms with Gasteiger partial charge in [0.15, 0.2) is 0 Å². The molecule has 0 aliphatic heterocycles. The highest BCUT2D eigenvalue weighted by Gasteiger charge is 2.20. The quantitative estimate of drug-likeness (QED) is 0.843. The highest BCUT2D eigenvalue weighted by molar-refractivity contribution is 7.92. The Balaban J connectivity index is 2.08. The molecule has 0 saturated heterocycles. The van der Waals surface area contributed by atoms with Crippen LogP contribution in [0.25, 0.3) is 0 Å². The molecule has 0 aliphatic carbocycles. The van der Waals surface area contributed by atoms with Gasteiger partial charge < -0.3 is 5.32 Å². The van der Waals surface area contributed by atoms with Crippen LogP contribution in [-0.4, -0.2) is 32.1 Å². The summed E-state index contributed by atoms with van der Waals surface area (Å²) in [5.74, 6) is -0.429. The number of hydrogen-bond donors (Lipinski definition) is 1. The number of nitrogens with one attached hydrogen (secondary N) is 1. The van der Waals surface area contributed by atoms with E-state index in [4.69, 9.17) is 5.26 Å². The van der Waals surface area contributed by atoms with E-state index in [0.29, 0.717) is 11.3 Å². The maximum atomic E-state index is 12.1. The zero-order valence-electron chi connectivity index (χ0n) is 13.0. The van der Waals surface area contributed by atoms with Crippen LogP contribution in [0.4, 0.5) is 5.69 Å². The maximum absolute atomic E-state index is 12.1. The molecule has 0 saturated carbocycles. The fraction of sp³-hybridized carbons (Fsp3) is 0.188. The molecule has 0 atom stereocenters. The van der Waals surface area contributed by atoms with Crippen molar-refractivity contribution in [2.45, 2.75) is 6.54 Å². The molecule has 0 fully saturated rings. The van der Waals surface area contributed by atoms with E-state index in [9.17, 15) is 13.2 Å². The molecule has 0 spiro atoms. The van der Waals surface area contributed by atoms with Gasteiger partial charge in [-0.05, 0) is 42.0 Å². The van der Waals surface area contributed by atoms with Crippen LogP contribution in [0, 0.1) is 11.3 Å². The number of anilines is 1. The van der Waals surface area contributed by atoms with Gasteiger partial charge in [0.2, 0.25) is 15.9 Å². The van der Waals surface area contributed by atoms with Crippen molar-refractivity contribution < 1.29 is 13.2 Å². The number of pyridine rings is 1. The number of carbonyl (C=O) groups is 1. The Bertz CT molecular complexity index is 843. The number of rotatable bonds is 6. The van der Waals surface area contributed by atoms with Gasteiger partial charge in [0, 0.05) is 18.9 Å². The maximum Gasteiger partial charge on any atom is 0.241 e. The Hall–Kier alpha value is -2.92. The minimum absolute atomic E-state index is 0.284. The molecule has 2 aromatic rings. The monoisotopic (exact) mass is 344 g/mol. The second-order valence-electron chi connectivity index (χ2n) is 5.06.